The molecule has 0 saturated carbocycles. The third-order valence-corrected chi connectivity index (χ3v) is 3.13. The summed E-state index contributed by atoms with van der Waals surface area (Å²) >= 11 is 0. The van der Waals surface area contributed by atoms with Crippen LogP contribution in [0.3, 0.4) is 0 Å². The predicted molar refractivity (Wildman–Crippen MR) is 97.3 cm³/mol. The highest BCUT2D eigenvalue weighted by molar-refractivity contribution is 6.04. The molecule has 0 spiro atoms. The first-order chi connectivity index (χ1) is 12.1. The molecule has 0 aliphatic carbocycles. The van der Waals surface area contributed by atoms with Crippen LogP contribution < -0.4 is 10.6 Å². The van der Waals surface area contributed by atoms with Gasteiger partial charge in [0.2, 0.25) is 0 Å². The van der Waals surface area contributed by atoms with Gasteiger partial charge in [-0.25, -0.2) is 4.79 Å². The maximum Gasteiger partial charge on any atom is 0.412 e. The molecular formula is C18H19N3O5. The molecule has 0 bridgehead atoms. The predicted octanol–water partition coefficient (Wildman–Crippen LogP) is 4.19. The summed E-state index contributed by atoms with van der Waals surface area (Å²) in [5, 5.41) is 15.9. The van der Waals surface area contributed by atoms with E-state index in [0.717, 1.165) is 0 Å². The smallest absolute Gasteiger partial charge is 0.412 e. The van der Waals surface area contributed by atoms with Gasteiger partial charge in [-0.05, 0) is 57.2 Å². The summed E-state index contributed by atoms with van der Waals surface area (Å²) in [4.78, 5) is 33.9. The van der Waals surface area contributed by atoms with Crippen molar-refractivity contribution < 1.29 is 19.2 Å². The number of nitrogens with one attached hydrogen (secondary N) is 2. The molecule has 0 fully saturated rings. The van der Waals surface area contributed by atoms with Gasteiger partial charge in [0.05, 0.1) is 4.92 Å². The first-order valence-corrected chi connectivity index (χ1v) is 7.80. The number of carbonyl (C=O) groups is 2. The van der Waals surface area contributed by atoms with E-state index in [-0.39, 0.29) is 5.69 Å². The van der Waals surface area contributed by atoms with Crippen LogP contribution in [0.15, 0.2) is 48.5 Å². The molecule has 2 N–H and O–H groups in total. The van der Waals surface area contributed by atoms with Crippen LogP contribution in [0.4, 0.5) is 21.9 Å². The largest absolute Gasteiger partial charge is 0.444 e. The van der Waals surface area contributed by atoms with Crippen LogP contribution in [-0.4, -0.2) is 22.5 Å². The van der Waals surface area contributed by atoms with Crippen molar-refractivity contribution >= 4 is 29.1 Å². The van der Waals surface area contributed by atoms with Crippen molar-refractivity contribution in [3.8, 4) is 0 Å². The summed E-state index contributed by atoms with van der Waals surface area (Å²) in [5.41, 5.74) is 0.657. The second kappa shape index (κ2) is 7.64. The van der Waals surface area contributed by atoms with Gasteiger partial charge < -0.3 is 10.1 Å². The van der Waals surface area contributed by atoms with E-state index in [0.29, 0.717) is 16.9 Å². The monoisotopic (exact) mass is 357 g/mol. The molecule has 26 heavy (non-hydrogen) atoms. The lowest BCUT2D eigenvalue weighted by Crippen LogP contribution is -2.27. The first-order valence-electron chi connectivity index (χ1n) is 7.80. The minimum Gasteiger partial charge on any atom is -0.444 e. The molecule has 0 aliphatic rings. The number of rotatable bonds is 4. The Balaban J connectivity index is 1.97. The fourth-order valence-electron chi connectivity index (χ4n) is 2.00. The van der Waals surface area contributed by atoms with E-state index in [2.05, 4.69) is 10.6 Å². The summed E-state index contributed by atoms with van der Waals surface area (Å²) in [6.45, 7) is 5.30. The highest BCUT2D eigenvalue weighted by Crippen LogP contribution is 2.17. The first kappa shape index (κ1) is 18.9. The maximum absolute atomic E-state index is 12.1. The Bertz CT molecular complexity index is 808. The van der Waals surface area contributed by atoms with Crippen LogP contribution in [-0.2, 0) is 4.74 Å². The van der Waals surface area contributed by atoms with Gasteiger partial charge in [0, 0.05) is 29.1 Å². The Kier molecular flexibility index (Phi) is 5.56. The average Bonchev–Trinajstić information content (AvgIpc) is 2.55. The Morgan fingerprint density at radius 2 is 1.42 bits per heavy atom. The van der Waals surface area contributed by atoms with Gasteiger partial charge in [0.25, 0.3) is 11.6 Å². The normalized spacial score (nSPS) is 10.7. The van der Waals surface area contributed by atoms with Gasteiger partial charge in [0.1, 0.15) is 5.60 Å². The van der Waals surface area contributed by atoms with Crippen molar-refractivity contribution in [1.29, 1.82) is 0 Å². The van der Waals surface area contributed by atoms with Crippen LogP contribution >= 0.6 is 0 Å². The van der Waals surface area contributed by atoms with Crippen molar-refractivity contribution in [1.82, 2.24) is 0 Å². The molecule has 0 aliphatic heterocycles. The van der Waals surface area contributed by atoms with Gasteiger partial charge in [-0.15, -0.1) is 0 Å². The van der Waals surface area contributed by atoms with Crippen molar-refractivity contribution in [3.05, 3.63) is 64.2 Å². The summed E-state index contributed by atoms with van der Waals surface area (Å²) < 4.78 is 5.15. The number of nitro benzene ring substituents is 1. The lowest BCUT2D eigenvalue weighted by Gasteiger charge is -2.19. The van der Waals surface area contributed by atoms with E-state index in [9.17, 15) is 19.7 Å². The maximum atomic E-state index is 12.1. The van der Waals surface area contributed by atoms with Crippen molar-refractivity contribution in [2.75, 3.05) is 10.6 Å². The van der Waals surface area contributed by atoms with Crippen LogP contribution in [0.25, 0.3) is 0 Å². The number of non-ortho nitro benzene ring substituents is 1. The topological polar surface area (TPSA) is 111 Å². The molecule has 0 radical (unpaired) electrons. The lowest BCUT2D eigenvalue weighted by atomic mass is 10.2. The fraction of sp³-hybridized carbons (Fsp3) is 0.222. The summed E-state index contributed by atoms with van der Waals surface area (Å²) in [6, 6.07) is 11.8. The number of benzene rings is 2. The molecule has 2 amide bonds. The number of ether oxygens (including phenoxy) is 1. The minimum atomic E-state index is -0.594. The number of hydrogen-bond acceptors (Lipinski definition) is 5. The Labute approximate surface area is 150 Å². The summed E-state index contributed by atoms with van der Waals surface area (Å²) in [7, 11) is 0. The molecule has 0 saturated heterocycles. The minimum absolute atomic E-state index is 0.0841. The van der Waals surface area contributed by atoms with Gasteiger partial charge >= 0.3 is 6.09 Å². The highest BCUT2D eigenvalue weighted by Gasteiger charge is 2.16. The number of carbonyl (C=O) groups excluding carboxylic acids is 2. The van der Waals surface area contributed by atoms with E-state index in [4.69, 9.17) is 4.74 Å². The molecule has 0 unspecified atom stereocenters. The zero-order chi connectivity index (χ0) is 19.3. The molecule has 0 aromatic heterocycles. The zero-order valence-electron chi connectivity index (χ0n) is 14.6. The van der Waals surface area contributed by atoms with Crippen molar-refractivity contribution in [2.45, 2.75) is 26.4 Å². The molecule has 8 nitrogen and oxygen atoms in total. The number of hydrogen-bond donors (Lipinski definition) is 2. The molecule has 0 heterocycles. The van der Waals surface area contributed by atoms with Crippen molar-refractivity contribution in [3.63, 3.8) is 0 Å². The lowest BCUT2D eigenvalue weighted by molar-refractivity contribution is -0.384. The van der Waals surface area contributed by atoms with Crippen LogP contribution in [0.5, 0.6) is 0 Å². The fourth-order valence-corrected chi connectivity index (χ4v) is 2.00. The van der Waals surface area contributed by atoms with E-state index in [1.54, 1.807) is 45.0 Å². The average molecular weight is 357 g/mol. The number of nitro groups is 1. The molecular weight excluding hydrogens is 338 g/mol. The standard InChI is InChI=1S/C18H19N3O5/c1-18(2,3)26-17(23)20-14-8-6-13(7-9-14)19-16(22)12-4-10-15(11-5-12)21(24)25/h4-11H,1-3H3,(H,19,22)(H,20,23). The van der Waals surface area contributed by atoms with E-state index < -0.39 is 22.5 Å². The van der Waals surface area contributed by atoms with Crippen LogP contribution in [0, 0.1) is 10.1 Å². The number of amides is 2. The summed E-state index contributed by atoms with van der Waals surface area (Å²) in [5.74, 6) is -0.396. The zero-order valence-corrected chi connectivity index (χ0v) is 14.6. The third-order valence-electron chi connectivity index (χ3n) is 3.13. The number of nitrogens with zero attached hydrogens (tertiary/aromatic N) is 1. The van der Waals surface area contributed by atoms with Crippen molar-refractivity contribution in [2.24, 2.45) is 0 Å². The van der Waals surface area contributed by atoms with Gasteiger partial charge in [-0.3, -0.25) is 20.2 Å². The highest BCUT2D eigenvalue weighted by atomic mass is 16.6. The summed E-state index contributed by atoms with van der Waals surface area (Å²) in [6.07, 6.45) is -0.569. The van der Waals surface area contributed by atoms with Gasteiger partial charge in [-0.1, -0.05) is 0 Å². The number of anilines is 2. The van der Waals surface area contributed by atoms with Crippen LogP contribution in [0.1, 0.15) is 31.1 Å². The molecule has 0 atom stereocenters. The van der Waals surface area contributed by atoms with Gasteiger partial charge in [-0.2, -0.15) is 0 Å². The van der Waals surface area contributed by atoms with Crippen LogP contribution in [0.2, 0.25) is 0 Å². The Morgan fingerprint density at radius 3 is 1.88 bits per heavy atom. The molecule has 8 heteroatoms. The molecule has 2 rings (SSSR count). The SMILES string of the molecule is CC(C)(C)OC(=O)Nc1ccc(NC(=O)c2ccc([N+](=O)[O-])cc2)cc1. The Hall–Kier alpha value is -3.42. The molecule has 136 valence electrons. The van der Waals surface area contributed by atoms with Gasteiger partial charge in [0.15, 0.2) is 0 Å². The second-order valence-corrected chi connectivity index (χ2v) is 6.46. The van der Waals surface area contributed by atoms with E-state index in [1.165, 1.54) is 24.3 Å². The molecule has 2 aromatic rings. The van der Waals surface area contributed by atoms with E-state index in [1.807, 2.05) is 0 Å². The second-order valence-electron chi connectivity index (χ2n) is 6.46. The Morgan fingerprint density at radius 1 is 0.923 bits per heavy atom. The third kappa shape index (κ3) is 5.59. The van der Waals surface area contributed by atoms with E-state index >= 15 is 0 Å². The quantitative estimate of drug-likeness (QED) is 0.629. The molecule has 2 aromatic carbocycles.